The zero-order chi connectivity index (χ0) is 13.8. The van der Waals surface area contributed by atoms with Crippen molar-refractivity contribution in [1.29, 1.82) is 0 Å². The van der Waals surface area contributed by atoms with E-state index >= 15 is 0 Å². The van der Waals surface area contributed by atoms with Crippen LogP contribution in [-0.4, -0.2) is 16.3 Å². The zero-order valence-electron chi connectivity index (χ0n) is 9.44. The molecule has 0 aliphatic carbocycles. The first-order valence-electron chi connectivity index (χ1n) is 5.16. The number of halogens is 3. The quantitative estimate of drug-likeness (QED) is 0.507. The topological polar surface area (TPSA) is 57.5 Å². The van der Waals surface area contributed by atoms with E-state index in [-0.39, 0.29) is 15.9 Å². The molecule has 0 aliphatic rings. The van der Waals surface area contributed by atoms with Crippen LogP contribution in [0.1, 0.15) is 5.56 Å². The van der Waals surface area contributed by atoms with Crippen molar-refractivity contribution < 1.29 is 5.11 Å². The highest BCUT2D eigenvalue weighted by molar-refractivity contribution is 6.42. The van der Waals surface area contributed by atoms with Gasteiger partial charge in [0.15, 0.2) is 5.82 Å². The van der Waals surface area contributed by atoms with Crippen LogP contribution in [0, 0.1) is 0 Å². The third kappa shape index (κ3) is 3.73. The monoisotopic (exact) mass is 315 g/mol. The van der Waals surface area contributed by atoms with Crippen molar-refractivity contribution in [3.05, 3.63) is 51.1 Å². The summed E-state index contributed by atoms with van der Waals surface area (Å²) in [5.74, 6) is 0.505. The molecule has 1 heterocycles. The molecule has 2 N–H and O–H groups in total. The van der Waals surface area contributed by atoms with E-state index in [2.05, 4.69) is 15.5 Å². The maximum atomic E-state index is 9.14. The molecule has 1 aromatic carbocycles. The van der Waals surface area contributed by atoms with E-state index < -0.39 is 0 Å². The van der Waals surface area contributed by atoms with E-state index in [4.69, 9.17) is 39.9 Å². The van der Waals surface area contributed by atoms with Crippen molar-refractivity contribution in [1.82, 2.24) is 4.98 Å². The average Bonchev–Trinajstić information content (AvgIpc) is 2.38. The molecule has 0 aliphatic heterocycles. The molecule has 0 amide bonds. The summed E-state index contributed by atoms with van der Waals surface area (Å²) in [4.78, 5) is 3.95. The van der Waals surface area contributed by atoms with Crippen molar-refractivity contribution in [2.75, 3.05) is 5.43 Å². The number of hydrogen-bond donors (Lipinski definition) is 2. The maximum Gasteiger partial charge on any atom is 0.166 e. The Labute approximate surface area is 124 Å². The number of rotatable bonds is 3. The lowest BCUT2D eigenvalue weighted by Crippen LogP contribution is -1.95. The van der Waals surface area contributed by atoms with Gasteiger partial charge in [0, 0.05) is 0 Å². The fraction of sp³-hybridized carbons (Fsp3) is 0. The molecular weight excluding hydrogens is 309 g/mol. The number of pyridine rings is 1. The molecule has 0 unspecified atom stereocenters. The number of anilines is 1. The van der Waals surface area contributed by atoms with Crippen molar-refractivity contribution in [2.24, 2.45) is 5.10 Å². The van der Waals surface area contributed by atoms with Crippen LogP contribution < -0.4 is 5.43 Å². The highest BCUT2D eigenvalue weighted by Gasteiger charge is 2.06. The fourth-order valence-electron chi connectivity index (χ4n) is 1.25. The van der Waals surface area contributed by atoms with Gasteiger partial charge in [-0.1, -0.05) is 34.8 Å². The number of benzene rings is 1. The van der Waals surface area contributed by atoms with Crippen LogP contribution >= 0.6 is 34.8 Å². The summed E-state index contributed by atoms with van der Waals surface area (Å²) in [5.41, 5.74) is 3.47. The number of aromatic hydroxyl groups is 1. The minimum atomic E-state index is 0.147. The molecule has 0 atom stereocenters. The number of aromatic nitrogens is 1. The molecule has 4 nitrogen and oxygen atoms in total. The van der Waals surface area contributed by atoms with Crippen molar-refractivity contribution in [3.8, 4) is 5.75 Å². The zero-order valence-corrected chi connectivity index (χ0v) is 11.7. The van der Waals surface area contributed by atoms with Crippen molar-refractivity contribution >= 4 is 46.8 Å². The third-order valence-corrected chi connectivity index (χ3v) is 3.12. The summed E-state index contributed by atoms with van der Waals surface area (Å²) in [5, 5.41) is 13.8. The number of hydrogen-bond acceptors (Lipinski definition) is 4. The summed E-state index contributed by atoms with van der Waals surface area (Å²) in [6.07, 6.45) is 1.56. The van der Waals surface area contributed by atoms with Crippen LogP contribution in [-0.2, 0) is 0 Å². The highest BCUT2D eigenvalue weighted by atomic mass is 35.5. The average molecular weight is 317 g/mol. The lowest BCUT2D eigenvalue weighted by Gasteiger charge is -2.03. The van der Waals surface area contributed by atoms with E-state index in [1.165, 1.54) is 6.07 Å². The molecule has 0 bridgehead atoms. The Balaban J connectivity index is 2.10. The molecule has 2 aromatic rings. The van der Waals surface area contributed by atoms with Crippen molar-refractivity contribution in [2.45, 2.75) is 0 Å². The number of phenolic OH excluding ortho intramolecular Hbond substituents is 1. The molecule has 19 heavy (non-hydrogen) atoms. The minimum Gasteiger partial charge on any atom is -0.508 e. The molecule has 0 saturated heterocycles. The van der Waals surface area contributed by atoms with Crippen LogP contribution in [0.15, 0.2) is 35.4 Å². The van der Waals surface area contributed by atoms with Gasteiger partial charge < -0.3 is 5.11 Å². The molecule has 0 spiro atoms. The van der Waals surface area contributed by atoms with Gasteiger partial charge in [-0.3, -0.25) is 5.43 Å². The predicted octanol–water partition coefficient (Wildman–Crippen LogP) is 4.19. The van der Waals surface area contributed by atoms with Gasteiger partial charge in [-0.05, 0) is 35.9 Å². The van der Waals surface area contributed by atoms with E-state index in [9.17, 15) is 0 Å². The summed E-state index contributed by atoms with van der Waals surface area (Å²) in [7, 11) is 0. The van der Waals surface area contributed by atoms with Crippen LogP contribution in [0.4, 0.5) is 5.82 Å². The number of hydrazone groups is 1. The van der Waals surface area contributed by atoms with Crippen LogP contribution in [0.5, 0.6) is 5.75 Å². The Hall–Kier alpha value is -1.49. The second-order valence-electron chi connectivity index (χ2n) is 3.55. The Morgan fingerprint density at radius 3 is 2.47 bits per heavy atom. The van der Waals surface area contributed by atoms with Gasteiger partial charge in [-0.15, -0.1) is 0 Å². The molecule has 0 saturated carbocycles. The number of nitrogens with one attached hydrogen (secondary N) is 1. The van der Waals surface area contributed by atoms with Crippen LogP contribution in [0.2, 0.25) is 15.2 Å². The van der Waals surface area contributed by atoms with Gasteiger partial charge in [0.25, 0.3) is 0 Å². The second kappa shape index (κ2) is 6.10. The Bertz CT molecular complexity index is 614. The van der Waals surface area contributed by atoms with Gasteiger partial charge in [0.1, 0.15) is 10.9 Å². The van der Waals surface area contributed by atoms with Gasteiger partial charge >= 0.3 is 0 Å². The van der Waals surface area contributed by atoms with Crippen LogP contribution in [0.3, 0.4) is 0 Å². The highest BCUT2D eigenvalue weighted by Crippen LogP contribution is 2.28. The molecule has 0 fully saturated rings. The van der Waals surface area contributed by atoms with E-state index in [1.807, 2.05) is 0 Å². The Morgan fingerprint density at radius 2 is 1.79 bits per heavy atom. The molecular formula is C12H8Cl3N3O. The first-order chi connectivity index (χ1) is 9.06. The number of nitrogens with zero attached hydrogens (tertiary/aromatic N) is 2. The summed E-state index contributed by atoms with van der Waals surface area (Å²) in [6, 6.07) is 8.03. The second-order valence-corrected chi connectivity index (χ2v) is 4.73. The van der Waals surface area contributed by atoms with Crippen molar-refractivity contribution in [3.63, 3.8) is 0 Å². The molecule has 0 radical (unpaired) electrons. The lowest BCUT2D eigenvalue weighted by atomic mass is 10.2. The smallest absolute Gasteiger partial charge is 0.166 e. The normalized spacial score (nSPS) is 10.9. The Kier molecular flexibility index (Phi) is 4.47. The van der Waals surface area contributed by atoms with Gasteiger partial charge in [0.2, 0.25) is 0 Å². The SMILES string of the molecule is Oc1ccc(/C=N/Nc2nc(Cl)c(Cl)cc2Cl)cc1. The fourth-order valence-corrected chi connectivity index (χ4v) is 1.79. The molecule has 1 aromatic heterocycles. The van der Waals surface area contributed by atoms with Gasteiger partial charge in [-0.25, -0.2) is 4.98 Å². The lowest BCUT2D eigenvalue weighted by molar-refractivity contribution is 0.475. The van der Waals surface area contributed by atoms with Gasteiger partial charge in [0.05, 0.1) is 16.3 Å². The van der Waals surface area contributed by atoms with E-state index in [0.717, 1.165) is 5.56 Å². The predicted molar refractivity (Wildman–Crippen MR) is 78.6 cm³/mol. The van der Waals surface area contributed by atoms with Gasteiger partial charge in [-0.2, -0.15) is 5.10 Å². The van der Waals surface area contributed by atoms with E-state index in [1.54, 1.807) is 30.5 Å². The summed E-state index contributed by atoms with van der Waals surface area (Å²) < 4.78 is 0. The molecule has 2 rings (SSSR count). The minimum absolute atomic E-state index is 0.147. The maximum absolute atomic E-state index is 9.14. The Morgan fingerprint density at radius 1 is 1.11 bits per heavy atom. The molecule has 7 heteroatoms. The summed E-state index contributed by atoms with van der Waals surface area (Å²) >= 11 is 17.5. The molecule has 98 valence electrons. The largest absolute Gasteiger partial charge is 0.508 e. The first-order valence-corrected chi connectivity index (χ1v) is 6.29. The number of phenols is 1. The van der Waals surface area contributed by atoms with Crippen LogP contribution in [0.25, 0.3) is 0 Å². The van der Waals surface area contributed by atoms with E-state index in [0.29, 0.717) is 10.8 Å². The standard InChI is InChI=1S/C12H8Cl3N3O/c13-9-5-10(14)12(17-11(9)15)18-16-6-7-1-3-8(19)4-2-7/h1-6,19H,(H,17,18)/b16-6+. The first kappa shape index (κ1) is 13.9. The third-order valence-electron chi connectivity index (χ3n) is 2.16. The summed E-state index contributed by atoms with van der Waals surface area (Å²) in [6.45, 7) is 0.